The number of carboxylic acids is 1. The van der Waals surface area contributed by atoms with E-state index in [0.29, 0.717) is 42.9 Å². The molecule has 1 amide bonds. The molecule has 3 aromatic rings. The van der Waals surface area contributed by atoms with Crippen molar-refractivity contribution >= 4 is 63.8 Å². The van der Waals surface area contributed by atoms with Gasteiger partial charge in [-0.25, -0.2) is 9.79 Å². The normalized spacial score (nSPS) is 15.3. The number of ether oxygens (including phenoxy) is 2. The number of hydrogen-bond donors (Lipinski definition) is 2. The van der Waals surface area contributed by atoms with E-state index >= 15 is 0 Å². The molecule has 0 aliphatic carbocycles. The number of thioether (sulfide) groups is 1. The second-order valence-electron chi connectivity index (χ2n) is 7.29. The van der Waals surface area contributed by atoms with E-state index in [1.807, 2.05) is 12.1 Å². The number of aliphatic imine (C=N–C) groups is 1. The molecule has 0 saturated carbocycles. The summed E-state index contributed by atoms with van der Waals surface area (Å²) in [5, 5.41) is 13.1. The van der Waals surface area contributed by atoms with E-state index in [4.69, 9.17) is 37.8 Å². The van der Waals surface area contributed by atoms with Crippen molar-refractivity contribution in [1.29, 1.82) is 0 Å². The standard InChI is InChI=1S/C25H18Cl2N2O5S/c1-33-20-10-15(9-19(27)22(20)34-13-14-5-7-17(26)8-6-14)11-21-23(30)29-25(35-21)28-18-4-2-3-16(12-18)24(31)32/h2-12H,13H2,1H3,(H,31,32)(H,28,29,30)/b21-11-. The van der Waals surface area contributed by atoms with Crippen LogP contribution in [-0.2, 0) is 11.4 Å². The highest BCUT2D eigenvalue weighted by molar-refractivity contribution is 8.18. The number of methoxy groups -OCH3 is 1. The van der Waals surface area contributed by atoms with Crippen LogP contribution in [0.15, 0.2) is 70.6 Å². The highest BCUT2D eigenvalue weighted by Gasteiger charge is 2.24. The van der Waals surface area contributed by atoms with Crippen molar-refractivity contribution in [2.24, 2.45) is 4.99 Å². The molecule has 1 aliphatic rings. The van der Waals surface area contributed by atoms with Crippen LogP contribution < -0.4 is 14.8 Å². The Labute approximate surface area is 215 Å². The van der Waals surface area contributed by atoms with Crippen molar-refractivity contribution in [3.8, 4) is 11.5 Å². The molecule has 1 heterocycles. The number of aromatic carboxylic acids is 1. The molecular weight excluding hydrogens is 511 g/mol. The Kier molecular flexibility index (Phi) is 7.65. The fourth-order valence-corrected chi connectivity index (χ4v) is 4.40. The van der Waals surface area contributed by atoms with Crippen LogP contribution in [0.1, 0.15) is 21.5 Å². The van der Waals surface area contributed by atoms with E-state index in [1.165, 1.54) is 19.2 Å². The van der Waals surface area contributed by atoms with Crippen molar-refractivity contribution in [2.45, 2.75) is 6.61 Å². The number of benzene rings is 3. The summed E-state index contributed by atoms with van der Waals surface area (Å²) in [6.45, 7) is 0.273. The maximum atomic E-state index is 12.5. The third-order valence-electron chi connectivity index (χ3n) is 4.82. The smallest absolute Gasteiger partial charge is 0.335 e. The van der Waals surface area contributed by atoms with Crippen LogP contribution >= 0.6 is 35.0 Å². The van der Waals surface area contributed by atoms with Crippen LogP contribution in [0.5, 0.6) is 11.5 Å². The number of hydrogen-bond acceptors (Lipinski definition) is 6. The zero-order valence-corrected chi connectivity index (χ0v) is 20.6. The van der Waals surface area contributed by atoms with Gasteiger partial charge in [-0.05, 0) is 71.4 Å². The highest BCUT2D eigenvalue weighted by atomic mass is 35.5. The number of carbonyl (C=O) groups excluding carboxylic acids is 1. The summed E-state index contributed by atoms with van der Waals surface area (Å²) in [6.07, 6.45) is 1.66. The number of amidine groups is 1. The third kappa shape index (κ3) is 6.16. The minimum absolute atomic E-state index is 0.108. The van der Waals surface area contributed by atoms with E-state index in [2.05, 4.69) is 10.3 Å². The molecule has 178 valence electrons. The Bertz CT molecular complexity index is 1360. The summed E-state index contributed by atoms with van der Waals surface area (Å²) in [6, 6.07) is 16.8. The van der Waals surface area contributed by atoms with E-state index in [0.717, 1.165) is 17.3 Å². The molecule has 0 bridgehead atoms. The van der Waals surface area contributed by atoms with Gasteiger partial charge in [0.25, 0.3) is 5.91 Å². The van der Waals surface area contributed by atoms with Gasteiger partial charge in [-0.1, -0.05) is 41.4 Å². The molecule has 0 atom stereocenters. The minimum atomic E-state index is -1.05. The Balaban J connectivity index is 1.53. The lowest BCUT2D eigenvalue weighted by Gasteiger charge is -2.13. The van der Waals surface area contributed by atoms with E-state index < -0.39 is 5.97 Å². The van der Waals surface area contributed by atoms with Crippen LogP contribution in [0.25, 0.3) is 6.08 Å². The first-order valence-corrected chi connectivity index (χ1v) is 11.8. The lowest BCUT2D eigenvalue weighted by Crippen LogP contribution is -2.19. The maximum absolute atomic E-state index is 12.5. The number of halogens is 2. The average Bonchev–Trinajstić information content (AvgIpc) is 3.17. The number of amides is 1. The molecule has 0 radical (unpaired) electrons. The van der Waals surface area contributed by atoms with Crippen molar-refractivity contribution < 1.29 is 24.2 Å². The van der Waals surface area contributed by atoms with Gasteiger partial charge in [0.2, 0.25) is 0 Å². The minimum Gasteiger partial charge on any atom is -0.493 e. The lowest BCUT2D eigenvalue weighted by atomic mass is 10.1. The molecule has 0 spiro atoms. The summed E-state index contributed by atoms with van der Waals surface area (Å²) < 4.78 is 11.3. The first-order valence-electron chi connectivity index (χ1n) is 10.2. The maximum Gasteiger partial charge on any atom is 0.335 e. The molecule has 10 heteroatoms. The Hall–Kier alpha value is -3.46. The van der Waals surface area contributed by atoms with Gasteiger partial charge in [0.15, 0.2) is 16.7 Å². The van der Waals surface area contributed by atoms with E-state index in [1.54, 1.807) is 42.5 Å². The van der Waals surface area contributed by atoms with Crippen LogP contribution in [0, 0.1) is 0 Å². The fourth-order valence-electron chi connectivity index (χ4n) is 3.16. The monoisotopic (exact) mass is 528 g/mol. The molecule has 0 aromatic heterocycles. The van der Waals surface area contributed by atoms with E-state index in [-0.39, 0.29) is 18.1 Å². The van der Waals surface area contributed by atoms with Gasteiger partial charge in [0.1, 0.15) is 6.61 Å². The zero-order valence-electron chi connectivity index (χ0n) is 18.2. The SMILES string of the molecule is COc1cc(/C=C2\SC(=Nc3cccc(C(=O)O)c3)NC2=O)cc(Cl)c1OCc1ccc(Cl)cc1. The zero-order chi connectivity index (χ0) is 24.9. The topological polar surface area (TPSA) is 97.2 Å². The molecule has 4 rings (SSSR count). The van der Waals surface area contributed by atoms with Gasteiger partial charge in [0.05, 0.1) is 28.3 Å². The molecule has 1 saturated heterocycles. The third-order valence-corrected chi connectivity index (χ3v) is 6.26. The predicted octanol–water partition coefficient (Wildman–Crippen LogP) is 6.17. The summed E-state index contributed by atoms with van der Waals surface area (Å²) >= 11 is 13.5. The number of rotatable bonds is 7. The molecule has 2 N–H and O–H groups in total. The quantitative estimate of drug-likeness (QED) is 0.356. The van der Waals surface area contributed by atoms with E-state index in [9.17, 15) is 9.59 Å². The molecule has 3 aromatic carbocycles. The molecule has 7 nitrogen and oxygen atoms in total. The largest absolute Gasteiger partial charge is 0.493 e. The first-order chi connectivity index (χ1) is 16.8. The molecular formula is C25H18Cl2N2O5S. The van der Waals surface area contributed by atoms with Gasteiger partial charge < -0.3 is 19.9 Å². The Morgan fingerprint density at radius 2 is 1.91 bits per heavy atom. The molecule has 1 fully saturated rings. The lowest BCUT2D eigenvalue weighted by molar-refractivity contribution is -0.115. The number of carbonyl (C=O) groups is 2. The predicted molar refractivity (Wildman–Crippen MR) is 138 cm³/mol. The van der Waals surface area contributed by atoms with Crippen LogP contribution in [0.3, 0.4) is 0 Å². The first kappa shape index (κ1) is 24.7. The van der Waals surface area contributed by atoms with Crippen LogP contribution in [0.4, 0.5) is 5.69 Å². The van der Waals surface area contributed by atoms with Gasteiger partial charge in [0, 0.05) is 5.02 Å². The Morgan fingerprint density at radius 1 is 1.14 bits per heavy atom. The van der Waals surface area contributed by atoms with Crippen molar-refractivity contribution in [3.05, 3.63) is 92.3 Å². The van der Waals surface area contributed by atoms with Crippen molar-refractivity contribution in [3.63, 3.8) is 0 Å². The van der Waals surface area contributed by atoms with Crippen LogP contribution in [-0.4, -0.2) is 29.3 Å². The molecule has 35 heavy (non-hydrogen) atoms. The summed E-state index contributed by atoms with van der Waals surface area (Å²) in [7, 11) is 1.50. The number of nitrogens with one attached hydrogen (secondary N) is 1. The van der Waals surface area contributed by atoms with Crippen LogP contribution in [0.2, 0.25) is 10.0 Å². The van der Waals surface area contributed by atoms with Gasteiger partial charge in [-0.3, -0.25) is 4.79 Å². The van der Waals surface area contributed by atoms with Gasteiger partial charge in [-0.15, -0.1) is 0 Å². The van der Waals surface area contributed by atoms with Crippen molar-refractivity contribution in [2.75, 3.05) is 7.11 Å². The fraction of sp³-hybridized carbons (Fsp3) is 0.0800. The molecule has 0 unspecified atom stereocenters. The Morgan fingerprint density at radius 3 is 2.63 bits per heavy atom. The molecule has 1 aliphatic heterocycles. The average molecular weight is 529 g/mol. The summed E-state index contributed by atoms with van der Waals surface area (Å²) in [5.74, 6) is -0.583. The summed E-state index contributed by atoms with van der Waals surface area (Å²) in [4.78, 5) is 28.4. The highest BCUT2D eigenvalue weighted by Crippen LogP contribution is 2.38. The summed E-state index contributed by atoms with van der Waals surface area (Å²) in [5.41, 5.74) is 2.08. The van der Waals surface area contributed by atoms with Gasteiger partial charge >= 0.3 is 5.97 Å². The second-order valence-corrected chi connectivity index (χ2v) is 9.16. The second kappa shape index (κ2) is 10.9. The number of nitrogens with zero attached hydrogens (tertiary/aromatic N) is 1. The number of carboxylic acid groups (broad SMARTS) is 1. The van der Waals surface area contributed by atoms with Crippen molar-refractivity contribution in [1.82, 2.24) is 5.32 Å². The van der Waals surface area contributed by atoms with Gasteiger partial charge in [-0.2, -0.15) is 0 Å².